The minimum absolute atomic E-state index is 0.622. The Balaban J connectivity index is 1.96. The maximum absolute atomic E-state index is 5.71. The SMILES string of the molecule is COc1ccc(N)cc1OCCc1ccsc1. The summed E-state index contributed by atoms with van der Waals surface area (Å²) >= 11 is 1.70. The predicted octanol–water partition coefficient (Wildman–Crippen LogP) is 2.96. The van der Waals surface area contributed by atoms with Gasteiger partial charge in [0.2, 0.25) is 0 Å². The molecule has 0 unspecified atom stereocenters. The summed E-state index contributed by atoms with van der Waals surface area (Å²) in [5.74, 6) is 1.41. The second-order valence-electron chi connectivity index (χ2n) is 3.64. The van der Waals surface area contributed by atoms with Crippen LogP contribution < -0.4 is 15.2 Å². The van der Waals surface area contributed by atoms with Crippen LogP contribution >= 0.6 is 11.3 Å². The Morgan fingerprint density at radius 3 is 2.82 bits per heavy atom. The van der Waals surface area contributed by atoms with Crippen LogP contribution in [0.1, 0.15) is 5.56 Å². The molecule has 1 aromatic carbocycles. The standard InChI is InChI=1S/C13H15NO2S/c1-15-12-3-2-11(14)8-13(12)16-6-4-10-5-7-17-9-10/h2-3,5,7-9H,4,6,14H2,1H3. The molecule has 0 aliphatic carbocycles. The molecule has 0 atom stereocenters. The Morgan fingerprint density at radius 1 is 1.24 bits per heavy atom. The van der Waals surface area contributed by atoms with Gasteiger partial charge in [0.15, 0.2) is 11.5 Å². The third kappa shape index (κ3) is 3.14. The fourth-order valence-corrected chi connectivity index (χ4v) is 2.22. The second-order valence-corrected chi connectivity index (χ2v) is 4.42. The summed E-state index contributed by atoms with van der Waals surface area (Å²) in [6.45, 7) is 0.622. The summed E-state index contributed by atoms with van der Waals surface area (Å²) in [4.78, 5) is 0. The van der Waals surface area contributed by atoms with E-state index in [9.17, 15) is 0 Å². The van der Waals surface area contributed by atoms with Gasteiger partial charge >= 0.3 is 0 Å². The molecule has 90 valence electrons. The van der Waals surface area contributed by atoms with Crippen molar-refractivity contribution in [1.29, 1.82) is 0 Å². The Morgan fingerprint density at radius 2 is 2.12 bits per heavy atom. The van der Waals surface area contributed by atoms with E-state index >= 15 is 0 Å². The van der Waals surface area contributed by atoms with Crippen LogP contribution in [0.2, 0.25) is 0 Å². The Hall–Kier alpha value is -1.68. The molecule has 2 N–H and O–H groups in total. The van der Waals surface area contributed by atoms with Gasteiger partial charge in [-0.3, -0.25) is 0 Å². The number of rotatable bonds is 5. The van der Waals surface area contributed by atoms with Gasteiger partial charge in [-0.2, -0.15) is 11.3 Å². The van der Waals surface area contributed by atoms with Gasteiger partial charge in [-0.25, -0.2) is 0 Å². The van der Waals surface area contributed by atoms with Crippen LogP contribution in [-0.4, -0.2) is 13.7 Å². The Bertz CT molecular complexity index is 468. The maximum atomic E-state index is 5.71. The smallest absolute Gasteiger partial charge is 0.163 e. The molecule has 0 saturated carbocycles. The molecule has 0 saturated heterocycles. The number of nitrogens with two attached hydrogens (primary N) is 1. The first-order valence-corrected chi connectivity index (χ1v) is 6.31. The van der Waals surface area contributed by atoms with E-state index in [0.717, 1.165) is 6.42 Å². The van der Waals surface area contributed by atoms with Crippen LogP contribution in [-0.2, 0) is 6.42 Å². The molecule has 3 nitrogen and oxygen atoms in total. The quantitative estimate of drug-likeness (QED) is 0.829. The number of nitrogen functional groups attached to an aromatic ring is 1. The molecule has 0 amide bonds. The van der Waals surface area contributed by atoms with E-state index in [1.54, 1.807) is 30.6 Å². The van der Waals surface area contributed by atoms with Gasteiger partial charge in [0.25, 0.3) is 0 Å². The van der Waals surface area contributed by atoms with Gasteiger partial charge in [-0.15, -0.1) is 0 Å². The van der Waals surface area contributed by atoms with Gasteiger partial charge < -0.3 is 15.2 Å². The fourth-order valence-electron chi connectivity index (χ4n) is 1.52. The molecule has 2 rings (SSSR count). The summed E-state index contributed by atoms with van der Waals surface area (Å²) < 4.78 is 10.9. The van der Waals surface area contributed by atoms with Crippen molar-refractivity contribution in [1.82, 2.24) is 0 Å². The fraction of sp³-hybridized carbons (Fsp3) is 0.231. The van der Waals surface area contributed by atoms with Crippen molar-refractivity contribution < 1.29 is 9.47 Å². The molecular formula is C13H15NO2S. The molecule has 0 aliphatic heterocycles. The largest absolute Gasteiger partial charge is 0.493 e. The van der Waals surface area contributed by atoms with Crippen molar-refractivity contribution in [2.75, 3.05) is 19.5 Å². The van der Waals surface area contributed by atoms with E-state index in [0.29, 0.717) is 23.8 Å². The maximum Gasteiger partial charge on any atom is 0.163 e. The van der Waals surface area contributed by atoms with Crippen LogP contribution in [0, 0.1) is 0 Å². The summed E-state index contributed by atoms with van der Waals surface area (Å²) in [7, 11) is 1.62. The lowest BCUT2D eigenvalue weighted by Crippen LogP contribution is -2.02. The van der Waals surface area contributed by atoms with Gasteiger partial charge in [0.05, 0.1) is 13.7 Å². The zero-order valence-electron chi connectivity index (χ0n) is 9.68. The van der Waals surface area contributed by atoms with Crippen molar-refractivity contribution in [2.24, 2.45) is 0 Å². The molecular weight excluding hydrogens is 234 g/mol. The van der Waals surface area contributed by atoms with E-state index in [4.69, 9.17) is 15.2 Å². The molecule has 0 radical (unpaired) electrons. The third-order valence-electron chi connectivity index (χ3n) is 2.42. The zero-order chi connectivity index (χ0) is 12.1. The minimum Gasteiger partial charge on any atom is -0.493 e. The molecule has 1 aromatic heterocycles. The van der Waals surface area contributed by atoms with Crippen molar-refractivity contribution >= 4 is 17.0 Å². The van der Waals surface area contributed by atoms with Gasteiger partial charge in [-0.1, -0.05) is 0 Å². The first-order chi connectivity index (χ1) is 8.29. The topological polar surface area (TPSA) is 44.5 Å². The number of hydrogen-bond donors (Lipinski definition) is 1. The molecule has 0 spiro atoms. The lowest BCUT2D eigenvalue weighted by Gasteiger charge is -2.10. The van der Waals surface area contributed by atoms with Crippen LogP contribution in [0.25, 0.3) is 0 Å². The van der Waals surface area contributed by atoms with Gasteiger partial charge in [-0.05, 0) is 34.5 Å². The normalized spacial score (nSPS) is 10.2. The number of anilines is 1. The van der Waals surface area contributed by atoms with Crippen molar-refractivity contribution in [3.8, 4) is 11.5 Å². The molecule has 4 heteroatoms. The first-order valence-electron chi connectivity index (χ1n) is 5.37. The van der Waals surface area contributed by atoms with E-state index < -0.39 is 0 Å². The lowest BCUT2D eigenvalue weighted by atomic mass is 10.2. The monoisotopic (exact) mass is 249 g/mol. The highest BCUT2D eigenvalue weighted by molar-refractivity contribution is 7.07. The van der Waals surface area contributed by atoms with E-state index in [2.05, 4.69) is 16.8 Å². The summed E-state index contributed by atoms with van der Waals surface area (Å²) in [5.41, 5.74) is 7.68. The highest BCUT2D eigenvalue weighted by Crippen LogP contribution is 2.29. The van der Waals surface area contributed by atoms with E-state index in [1.807, 2.05) is 6.07 Å². The average molecular weight is 249 g/mol. The number of methoxy groups -OCH3 is 1. The minimum atomic E-state index is 0.622. The summed E-state index contributed by atoms with van der Waals surface area (Å²) in [5, 5.41) is 4.19. The Kier molecular flexibility index (Phi) is 3.88. The first kappa shape index (κ1) is 11.8. The molecule has 1 heterocycles. The number of hydrogen-bond acceptors (Lipinski definition) is 4. The number of benzene rings is 1. The molecule has 17 heavy (non-hydrogen) atoms. The third-order valence-corrected chi connectivity index (χ3v) is 3.15. The number of ether oxygens (including phenoxy) is 2. The van der Waals surface area contributed by atoms with E-state index in [-0.39, 0.29) is 0 Å². The average Bonchev–Trinajstić information content (AvgIpc) is 2.82. The Labute approximate surface area is 105 Å². The molecule has 0 bridgehead atoms. The highest BCUT2D eigenvalue weighted by atomic mass is 32.1. The van der Waals surface area contributed by atoms with Gasteiger partial charge in [0, 0.05) is 18.2 Å². The molecule has 0 aliphatic rings. The van der Waals surface area contributed by atoms with Crippen molar-refractivity contribution in [2.45, 2.75) is 6.42 Å². The van der Waals surface area contributed by atoms with Crippen LogP contribution in [0.15, 0.2) is 35.0 Å². The highest BCUT2D eigenvalue weighted by Gasteiger charge is 2.04. The lowest BCUT2D eigenvalue weighted by molar-refractivity contribution is 0.298. The van der Waals surface area contributed by atoms with Crippen LogP contribution in [0.4, 0.5) is 5.69 Å². The summed E-state index contributed by atoms with van der Waals surface area (Å²) in [6, 6.07) is 7.50. The van der Waals surface area contributed by atoms with Crippen LogP contribution in [0.3, 0.4) is 0 Å². The predicted molar refractivity (Wildman–Crippen MR) is 70.9 cm³/mol. The van der Waals surface area contributed by atoms with Crippen LogP contribution in [0.5, 0.6) is 11.5 Å². The molecule has 0 fully saturated rings. The van der Waals surface area contributed by atoms with Gasteiger partial charge in [0.1, 0.15) is 0 Å². The van der Waals surface area contributed by atoms with Crippen molar-refractivity contribution in [3.05, 3.63) is 40.6 Å². The van der Waals surface area contributed by atoms with Crippen molar-refractivity contribution in [3.63, 3.8) is 0 Å². The number of thiophene rings is 1. The molecule has 2 aromatic rings. The summed E-state index contributed by atoms with van der Waals surface area (Å²) in [6.07, 6.45) is 0.890. The second kappa shape index (κ2) is 5.59. The zero-order valence-corrected chi connectivity index (χ0v) is 10.5. The van der Waals surface area contributed by atoms with E-state index in [1.165, 1.54) is 5.56 Å².